The second kappa shape index (κ2) is 4.14. The number of amides is 2. The Bertz CT molecular complexity index is 216. The van der Waals surface area contributed by atoms with E-state index in [-0.39, 0.29) is 18.2 Å². The van der Waals surface area contributed by atoms with E-state index in [1.54, 1.807) is 0 Å². The molecule has 2 heterocycles. The van der Waals surface area contributed by atoms with Crippen LogP contribution in [0.25, 0.3) is 0 Å². The standard InChI is InChI=1S/C9H17N3O2/c1-7-5-12(9(13)11-7)6-8-4-10-2-3-14-8/h7-8,10H,2-6H2,1H3,(H,11,13). The Balaban J connectivity index is 1.81. The highest BCUT2D eigenvalue weighted by Crippen LogP contribution is 2.06. The third-order valence-corrected chi connectivity index (χ3v) is 2.58. The highest BCUT2D eigenvalue weighted by atomic mass is 16.5. The van der Waals surface area contributed by atoms with Crippen molar-refractivity contribution in [2.75, 3.05) is 32.8 Å². The van der Waals surface area contributed by atoms with Gasteiger partial charge in [0, 0.05) is 32.2 Å². The summed E-state index contributed by atoms with van der Waals surface area (Å²) in [5.41, 5.74) is 0. The highest BCUT2D eigenvalue weighted by Gasteiger charge is 2.28. The van der Waals surface area contributed by atoms with Gasteiger partial charge in [0.05, 0.1) is 12.7 Å². The van der Waals surface area contributed by atoms with Crippen molar-refractivity contribution in [1.82, 2.24) is 15.5 Å². The lowest BCUT2D eigenvalue weighted by Gasteiger charge is -2.27. The summed E-state index contributed by atoms with van der Waals surface area (Å²) < 4.78 is 5.54. The van der Waals surface area contributed by atoms with Crippen LogP contribution in [0.3, 0.4) is 0 Å². The van der Waals surface area contributed by atoms with Crippen LogP contribution in [-0.4, -0.2) is 55.9 Å². The number of morpholine rings is 1. The number of carbonyl (C=O) groups is 1. The second-order valence-corrected chi connectivity index (χ2v) is 3.95. The first kappa shape index (κ1) is 9.73. The lowest BCUT2D eigenvalue weighted by Crippen LogP contribution is -2.46. The molecule has 2 rings (SSSR count). The van der Waals surface area contributed by atoms with E-state index >= 15 is 0 Å². The Morgan fingerprint density at radius 1 is 1.64 bits per heavy atom. The summed E-state index contributed by atoms with van der Waals surface area (Å²) in [5, 5.41) is 6.12. The molecule has 0 aromatic carbocycles. The van der Waals surface area contributed by atoms with E-state index < -0.39 is 0 Å². The third kappa shape index (κ3) is 2.16. The Morgan fingerprint density at radius 3 is 3.07 bits per heavy atom. The van der Waals surface area contributed by atoms with Crippen LogP contribution in [0.15, 0.2) is 0 Å². The first-order chi connectivity index (χ1) is 6.75. The molecule has 80 valence electrons. The molecule has 2 saturated heterocycles. The monoisotopic (exact) mass is 199 g/mol. The Morgan fingerprint density at radius 2 is 2.50 bits per heavy atom. The Labute approximate surface area is 83.8 Å². The van der Waals surface area contributed by atoms with E-state index in [1.165, 1.54) is 0 Å². The smallest absolute Gasteiger partial charge is 0.317 e. The lowest BCUT2D eigenvalue weighted by atomic mass is 10.3. The number of ether oxygens (including phenoxy) is 1. The van der Waals surface area contributed by atoms with Crippen molar-refractivity contribution in [3.05, 3.63) is 0 Å². The van der Waals surface area contributed by atoms with E-state index in [9.17, 15) is 4.79 Å². The number of nitrogens with one attached hydrogen (secondary N) is 2. The van der Waals surface area contributed by atoms with Crippen LogP contribution >= 0.6 is 0 Å². The third-order valence-electron chi connectivity index (χ3n) is 2.58. The molecule has 2 unspecified atom stereocenters. The van der Waals surface area contributed by atoms with Crippen LogP contribution in [0, 0.1) is 0 Å². The molecular formula is C9H17N3O2. The number of urea groups is 1. The molecule has 5 heteroatoms. The minimum Gasteiger partial charge on any atom is -0.374 e. The molecule has 2 N–H and O–H groups in total. The number of hydrogen-bond donors (Lipinski definition) is 2. The average Bonchev–Trinajstić information content (AvgIpc) is 2.47. The molecule has 2 atom stereocenters. The number of carbonyl (C=O) groups excluding carboxylic acids is 1. The van der Waals surface area contributed by atoms with Crippen molar-refractivity contribution >= 4 is 6.03 Å². The van der Waals surface area contributed by atoms with Gasteiger partial charge >= 0.3 is 6.03 Å². The van der Waals surface area contributed by atoms with Gasteiger partial charge in [0.2, 0.25) is 0 Å². The van der Waals surface area contributed by atoms with Crippen LogP contribution in [0.2, 0.25) is 0 Å². The summed E-state index contributed by atoms with van der Waals surface area (Å²) in [6.45, 7) is 6.01. The molecule has 14 heavy (non-hydrogen) atoms. The van der Waals surface area contributed by atoms with Gasteiger partial charge in [0.15, 0.2) is 0 Å². The zero-order valence-corrected chi connectivity index (χ0v) is 8.45. The predicted octanol–water partition coefficient (Wildman–Crippen LogP) is -0.611. The molecule has 0 spiro atoms. The van der Waals surface area contributed by atoms with Crippen LogP contribution in [0.1, 0.15) is 6.92 Å². The molecule has 0 saturated carbocycles. The quantitative estimate of drug-likeness (QED) is 0.623. The van der Waals surface area contributed by atoms with Crippen molar-refractivity contribution in [3.8, 4) is 0 Å². The SMILES string of the molecule is CC1CN(CC2CNCCO2)C(=O)N1. The van der Waals surface area contributed by atoms with Gasteiger partial charge in [-0.25, -0.2) is 4.79 Å². The van der Waals surface area contributed by atoms with Gasteiger partial charge in [-0.2, -0.15) is 0 Å². The first-order valence-electron chi connectivity index (χ1n) is 5.13. The van der Waals surface area contributed by atoms with Crippen LogP contribution in [-0.2, 0) is 4.74 Å². The van der Waals surface area contributed by atoms with E-state index in [1.807, 2.05) is 11.8 Å². The van der Waals surface area contributed by atoms with Crippen molar-refractivity contribution in [2.24, 2.45) is 0 Å². The summed E-state index contributed by atoms with van der Waals surface area (Å²) in [6, 6.07) is 0.297. The fourth-order valence-corrected chi connectivity index (χ4v) is 1.90. The van der Waals surface area contributed by atoms with Crippen molar-refractivity contribution < 1.29 is 9.53 Å². The maximum Gasteiger partial charge on any atom is 0.317 e. The molecule has 2 amide bonds. The molecule has 0 aromatic rings. The van der Waals surface area contributed by atoms with Gasteiger partial charge in [-0.1, -0.05) is 0 Å². The Kier molecular flexibility index (Phi) is 2.88. The summed E-state index contributed by atoms with van der Waals surface area (Å²) >= 11 is 0. The first-order valence-corrected chi connectivity index (χ1v) is 5.13. The maximum absolute atomic E-state index is 11.4. The van der Waals surface area contributed by atoms with Gasteiger partial charge in [-0.15, -0.1) is 0 Å². The minimum absolute atomic E-state index is 0.0340. The van der Waals surface area contributed by atoms with E-state index in [4.69, 9.17) is 4.74 Å². The predicted molar refractivity (Wildman–Crippen MR) is 52.2 cm³/mol. The zero-order chi connectivity index (χ0) is 9.97. The zero-order valence-electron chi connectivity index (χ0n) is 8.45. The van der Waals surface area contributed by atoms with Gasteiger partial charge < -0.3 is 20.3 Å². The van der Waals surface area contributed by atoms with E-state index in [0.717, 1.165) is 26.2 Å². The fraction of sp³-hybridized carbons (Fsp3) is 0.889. The molecule has 0 aliphatic carbocycles. The number of rotatable bonds is 2. The van der Waals surface area contributed by atoms with E-state index in [0.29, 0.717) is 6.54 Å². The van der Waals surface area contributed by atoms with Gasteiger partial charge in [0.1, 0.15) is 0 Å². The van der Waals surface area contributed by atoms with Crippen molar-refractivity contribution in [3.63, 3.8) is 0 Å². The number of hydrogen-bond acceptors (Lipinski definition) is 3. The molecule has 5 nitrogen and oxygen atoms in total. The lowest BCUT2D eigenvalue weighted by molar-refractivity contribution is 0.0146. The summed E-state index contributed by atoms with van der Waals surface area (Å²) in [5.74, 6) is 0. The molecular weight excluding hydrogens is 182 g/mol. The van der Waals surface area contributed by atoms with Crippen LogP contribution < -0.4 is 10.6 Å². The molecule has 0 aromatic heterocycles. The molecule has 2 fully saturated rings. The average molecular weight is 199 g/mol. The molecule has 0 radical (unpaired) electrons. The van der Waals surface area contributed by atoms with E-state index in [2.05, 4.69) is 10.6 Å². The van der Waals surface area contributed by atoms with Gasteiger partial charge in [0.25, 0.3) is 0 Å². The summed E-state index contributed by atoms with van der Waals surface area (Å²) in [6.07, 6.45) is 0.153. The van der Waals surface area contributed by atoms with Crippen molar-refractivity contribution in [1.29, 1.82) is 0 Å². The second-order valence-electron chi connectivity index (χ2n) is 3.95. The summed E-state index contributed by atoms with van der Waals surface area (Å²) in [4.78, 5) is 13.2. The Hall–Kier alpha value is -0.810. The minimum atomic E-state index is 0.0340. The topological polar surface area (TPSA) is 53.6 Å². The largest absolute Gasteiger partial charge is 0.374 e. The van der Waals surface area contributed by atoms with Crippen molar-refractivity contribution in [2.45, 2.75) is 19.1 Å². The molecule has 2 aliphatic heterocycles. The molecule has 2 aliphatic rings. The highest BCUT2D eigenvalue weighted by molar-refractivity contribution is 5.76. The van der Waals surface area contributed by atoms with Gasteiger partial charge in [-0.05, 0) is 6.92 Å². The maximum atomic E-state index is 11.4. The van der Waals surface area contributed by atoms with Gasteiger partial charge in [-0.3, -0.25) is 0 Å². The van der Waals surface area contributed by atoms with Crippen LogP contribution in [0.4, 0.5) is 4.79 Å². The molecule has 0 bridgehead atoms. The number of nitrogens with zero attached hydrogens (tertiary/aromatic N) is 1. The van der Waals surface area contributed by atoms with Crippen LogP contribution in [0.5, 0.6) is 0 Å². The normalized spacial score (nSPS) is 33.2. The summed E-state index contributed by atoms with van der Waals surface area (Å²) in [7, 11) is 0. The fourth-order valence-electron chi connectivity index (χ4n) is 1.90.